The van der Waals surface area contributed by atoms with Crippen molar-refractivity contribution in [1.82, 2.24) is 0 Å². The van der Waals surface area contributed by atoms with Gasteiger partial charge in [-0.3, -0.25) is 9.59 Å². The molecule has 130 valence electrons. The molecule has 2 aromatic rings. The van der Waals surface area contributed by atoms with E-state index < -0.39 is 35.5 Å². The minimum absolute atomic E-state index is 0.269. The largest absolute Gasteiger partial charge is 0.449 e. The van der Waals surface area contributed by atoms with Crippen molar-refractivity contribution >= 4 is 23.5 Å². The zero-order valence-corrected chi connectivity index (χ0v) is 13.1. The van der Waals surface area contributed by atoms with Crippen molar-refractivity contribution in [2.45, 2.75) is 13.0 Å². The molecular formula is C17H14F2N2O4. The Hall–Kier alpha value is -3.29. The Bertz CT molecular complexity index is 802. The van der Waals surface area contributed by atoms with Crippen LogP contribution in [0.4, 0.5) is 14.5 Å². The summed E-state index contributed by atoms with van der Waals surface area (Å²) in [4.78, 5) is 34.8. The molecule has 3 N–H and O–H groups in total. The van der Waals surface area contributed by atoms with E-state index in [0.717, 1.165) is 12.1 Å². The zero-order valence-electron chi connectivity index (χ0n) is 13.1. The Morgan fingerprint density at radius 2 is 1.56 bits per heavy atom. The second-order valence-electron chi connectivity index (χ2n) is 5.14. The van der Waals surface area contributed by atoms with E-state index in [0.29, 0.717) is 11.8 Å². The first-order valence-corrected chi connectivity index (χ1v) is 7.14. The van der Waals surface area contributed by atoms with Crippen LogP contribution in [0.3, 0.4) is 0 Å². The maximum Gasteiger partial charge on any atom is 0.339 e. The number of amides is 2. The molecule has 0 aliphatic rings. The minimum Gasteiger partial charge on any atom is -0.449 e. The molecular weight excluding hydrogens is 334 g/mol. The Morgan fingerprint density at radius 1 is 1.00 bits per heavy atom. The molecule has 0 aromatic heterocycles. The molecule has 1 atom stereocenters. The summed E-state index contributed by atoms with van der Waals surface area (Å²) >= 11 is 0. The van der Waals surface area contributed by atoms with Crippen LogP contribution >= 0.6 is 0 Å². The number of halogens is 2. The first-order valence-electron chi connectivity index (χ1n) is 7.14. The number of anilines is 1. The average molecular weight is 348 g/mol. The van der Waals surface area contributed by atoms with E-state index in [1.54, 1.807) is 0 Å². The van der Waals surface area contributed by atoms with Gasteiger partial charge in [0, 0.05) is 17.3 Å². The predicted molar refractivity (Wildman–Crippen MR) is 84.8 cm³/mol. The summed E-state index contributed by atoms with van der Waals surface area (Å²) in [7, 11) is 0. The zero-order chi connectivity index (χ0) is 18.6. The van der Waals surface area contributed by atoms with Crippen LogP contribution in [0.1, 0.15) is 27.6 Å². The number of nitrogens with one attached hydrogen (secondary N) is 1. The molecule has 25 heavy (non-hydrogen) atoms. The van der Waals surface area contributed by atoms with Crippen molar-refractivity contribution in [3.8, 4) is 0 Å². The fourth-order valence-electron chi connectivity index (χ4n) is 1.92. The van der Waals surface area contributed by atoms with Gasteiger partial charge in [0.15, 0.2) is 6.10 Å². The van der Waals surface area contributed by atoms with Crippen molar-refractivity contribution in [3.05, 3.63) is 65.2 Å². The Balaban J connectivity index is 1.99. The van der Waals surface area contributed by atoms with Crippen LogP contribution in [0.15, 0.2) is 42.5 Å². The summed E-state index contributed by atoms with van der Waals surface area (Å²) in [5.41, 5.74) is 5.39. The van der Waals surface area contributed by atoms with Crippen molar-refractivity contribution in [3.63, 3.8) is 0 Å². The van der Waals surface area contributed by atoms with Crippen molar-refractivity contribution < 1.29 is 27.9 Å². The fourth-order valence-corrected chi connectivity index (χ4v) is 1.92. The van der Waals surface area contributed by atoms with Crippen LogP contribution in [0, 0.1) is 11.6 Å². The highest BCUT2D eigenvalue weighted by Gasteiger charge is 2.20. The summed E-state index contributed by atoms with van der Waals surface area (Å²) in [6.45, 7) is 1.31. The molecule has 0 heterocycles. The molecule has 0 unspecified atom stereocenters. The molecule has 2 rings (SSSR count). The van der Waals surface area contributed by atoms with Crippen LogP contribution in [0.5, 0.6) is 0 Å². The third-order valence-corrected chi connectivity index (χ3v) is 3.19. The first kappa shape index (κ1) is 18.1. The predicted octanol–water partition coefficient (Wildman–Crippen LogP) is 2.25. The molecule has 2 aromatic carbocycles. The maximum absolute atomic E-state index is 13.1. The Labute approximate surface area is 141 Å². The summed E-state index contributed by atoms with van der Waals surface area (Å²) < 4.78 is 31.1. The van der Waals surface area contributed by atoms with Crippen LogP contribution in [0.2, 0.25) is 0 Å². The molecule has 8 heteroatoms. The number of primary amides is 1. The van der Waals surface area contributed by atoms with Gasteiger partial charge in [-0.2, -0.15) is 0 Å². The summed E-state index contributed by atoms with van der Waals surface area (Å²) in [5.74, 6) is -4.16. The van der Waals surface area contributed by atoms with E-state index in [-0.39, 0.29) is 11.1 Å². The lowest BCUT2D eigenvalue weighted by atomic mass is 10.2. The molecule has 0 bridgehead atoms. The molecule has 0 saturated carbocycles. The van der Waals surface area contributed by atoms with Crippen molar-refractivity contribution in [2.24, 2.45) is 5.73 Å². The molecule has 0 fully saturated rings. The lowest BCUT2D eigenvalue weighted by Crippen LogP contribution is -2.30. The van der Waals surface area contributed by atoms with Gasteiger partial charge in [-0.15, -0.1) is 0 Å². The van der Waals surface area contributed by atoms with Gasteiger partial charge in [-0.25, -0.2) is 13.6 Å². The van der Waals surface area contributed by atoms with Gasteiger partial charge in [0.2, 0.25) is 5.91 Å². The van der Waals surface area contributed by atoms with Gasteiger partial charge in [-0.1, -0.05) is 0 Å². The van der Waals surface area contributed by atoms with E-state index in [4.69, 9.17) is 10.5 Å². The summed E-state index contributed by atoms with van der Waals surface area (Å²) in [5, 5.41) is 2.47. The molecule has 0 radical (unpaired) electrons. The van der Waals surface area contributed by atoms with E-state index in [1.807, 2.05) is 0 Å². The second-order valence-corrected chi connectivity index (χ2v) is 5.14. The molecule has 0 saturated heterocycles. The van der Waals surface area contributed by atoms with Crippen LogP contribution in [-0.4, -0.2) is 23.9 Å². The highest BCUT2D eigenvalue weighted by molar-refractivity contribution is 5.98. The third-order valence-electron chi connectivity index (χ3n) is 3.19. The highest BCUT2D eigenvalue weighted by atomic mass is 19.1. The van der Waals surface area contributed by atoms with Crippen molar-refractivity contribution in [2.75, 3.05) is 5.32 Å². The van der Waals surface area contributed by atoms with Gasteiger partial charge in [0.1, 0.15) is 11.6 Å². The number of benzene rings is 2. The number of esters is 1. The molecule has 0 spiro atoms. The van der Waals surface area contributed by atoms with Gasteiger partial charge in [-0.05, 0) is 43.3 Å². The Kier molecular flexibility index (Phi) is 5.43. The minimum atomic E-state index is -1.21. The third kappa shape index (κ3) is 4.84. The maximum atomic E-state index is 13.1. The topological polar surface area (TPSA) is 98.5 Å². The second kappa shape index (κ2) is 7.52. The van der Waals surface area contributed by atoms with Crippen molar-refractivity contribution in [1.29, 1.82) is 0 Å². The SMILES string of the molecule is C[C@H](OC(=O)c1cc(F)cc(F)c1)C(=O)Nc1ccc(C(N)=O)cc1. The molecule has 6 nitrogen and oxygen atoms in total. The quantitative estimate of drug-likeness (QED) is 0.810. The van der Waals surface area contributed by atoms with Crippen LogP contribution in [-0.2, 0) is 9.53 Å². The van der Waals surface area contributed by atoms with Gasteiger partial charge < -0.3 is 15.8 Å². The lowest BCUT2D eigenvalue weighted by molar-refractivity contribution is -0.123. The number of carbonyl (C=O) groups excluding carboxylic acids is 3. The van der Waals surface area contributed by atoms with Crippen LogP contribution < -0.4 is 11.1 Å². The monoisotopic (exact) mass is 348 g/mol. The first-order chi connectivity index (χ1) is 11.8. The smallest absolute Gasteiger partial charge is 0.339 e. The van der Waals surface area contributed by atoms with E-state index in [1.165, 1.54) is 31.2 Å². The summed E-state index contributed by atoms with van der Waals surface area (Å²) in [6, 6.07) is 7.97. The number of carbonyl (C=O) groups is 3. The average Bonchev–Trinajstić information content (AvgIpc) is 2.54. The standard InChI is InChI=1S/C17H14F2N2O4/c1-9(25-17(24)11-6-12(18)8-13(19)7-11)16(23)21-14-4-2-10(3-5-14)15(20)22/h2-9H,1H3,(H2,20,22)(H,21,23)/t9-/m0/s1. The number of nitrogens with two attached hydrogens (primary N) is 1. The van der Waals surface area contributed by atoms with Gasteiger partial charge in [0.05, 0.1) is 5.56 Å². The fraction of sp³-hybridized carbons (Fsp3) is 0.118. The number of hydrogen-bond donors (Lipinski definition) is 2. The normalized spacial score (nSPS) is 11.5. The number of rotatable bonds is 5. The van der Waals surface area contributed by atoms with Gasteiger partial charge in [0.25, 0.3) is 5.91 Å². The Morgan fingerprint density at radius 3 is 2.08 bits per heavy atom. The molecule has 0 aliphatic carbocycles. The summed E-state index contributed by atoms with van der Waals surface area (Å²) in [6.07, 6.45) is -1.21. The molecule has 0 aliphatic heterocycles. The van der Waals surface area contributed by atoms with Gasteiger partial charge >= 0.3 is 5.97 Å². The van der Waals surface area contributed by atoms with E-state index in [2.05, 4.69) is 5.32 Å². The molecule has 2 amide bonds. The lowest BCUT2D eigenvalue weighted by Gasteiger charge is -2.14. The number of hydrogen-bond acceptors (Lipinski definition) is 4. The van der Waals surface area contributed by atoms with E-state index in [9.17, 15) is 23.2 Å². The van der Waals surface area contributed by atoms with E-state index >= 15 is 0 Å². The highest BCUT2D eigenvalue weighted by Crippen LogP contribution is 2.13. The number of ether oxygens (including phenoxy) is 1. The van der Waals surface area contributed by atoms with Crippen LogP contribution in [0.25, 0.3) is 0 Å².